The van der Waals surface area contributed by atoms with Crippen LogP contribution in [0.2, 0.25) is 0 Å². The molecule has 5 rings (SSSR count). The molecular formula is C27H30O15. The molecule has 0 aliphatic carbocycles. The van der Waals surface area contributed by atoms with Crippen molar-refractivity contribution in [2.75, 3.05) is 13.2 Å². The average Bonchev–Trinajstić information content (AvgIpc) is 2.96. The van der Waals surface area contributed by atoms with Gasteiger partial charge in [-0.25, -0.2) is 0 Å². The Kier molecular flexibility index (Phi) is 8.41. The van der Waals surface area contributed by atoms with E-state index in [2.05, 4.69) is 0 Å². The molecule has 0 unspecified atom stereocenters. The number of hydrogen-bond acceptors (Lipinski definition) is 15. The van der Waals surface area contributed by atoms with E-state index in [9.17, 15) is 55.9 Å². The molecule has 3 heterocycles. The van der Waals surface area contributed by atoms with Gasteiger partial charge in [-0.05, 0) is 24.3 Å². The van der Waals surface area contributed by atoms with Gasteiger partial charge in [0.15, 0.2) is 17.3 Å². The lowest BCUT2D eigenvalue weighted by Gasteiger charge is -2.46. The van der Waals surface area contributed by atoms with Crippen molar-refractivity contribution >= 4 is 11.0 Å². The SMILES string of the molecule is O=c1cc(-c2ccc(O)cc2)oc2c([C@H]3O[C@@H](CO)[C@H](O)[C@H](O)[C@@H]3O[C@@H]3O[C@@H](CO)[C@H](O)[C@H](O)[C@@H]3O)c(O)cc(O)c12. The number of phenolic OH excluding ortho intramolecular Hbond substituents is 3. The number of fused-ring (bicyclic) bond motifs is 1. The first-order chi connectivity index (χ1) is 20.0. The third-order valence-electron chi connectivity index (χ3n) is 7.44. The molecular weight excluding hydrogens is 564 g/mol. The molecule has 0 amide bonds. The largest absolute Gasteiger partial charge is 0.508 e. The van der Waals surface area contributed by atoms with E-state index < -0.39 is 102 Å². The Hall–Kier alpha value is -3.35. The maximum Gasteiger partial charge on any atom is 0.197 e. The van der Waals surface area contributed by atoms with E-state index in [0.717, 1.165) is 12.1 Å². The first kappa shape index (κ1) is 30.1. The van der Waals surface area contributed by atoms with Crippen LogP contribution in [0.3, 0.4) is 0 Å². The fourth-order valence-corrected chi connectivity index (χ4v) is 5.17. The van der Waals surface area contributed by atoms with Crippen LogP contribution in [-0.2, 0) is 14.2 Å². The lowest BCUT2D eigenvalue weighted by Crippen LogP contribution is -2.62. The van der Waals surface area contributed by atoms with Crippen LogP contribution in [0.4, 0.5) is 0 Å². The van der Waals surface area contributed by atoms with Gasteiger partial charge in [0.1, 0.15) is 83.3 Å². The lowest BCUT2D eigenvalue weighted by molar-refractivity contribution is -0.342. The van der Waals surface area contributed by atoms with Crippen LogP contribution in [0.25, 0.3) is 22.3 Å². The van der Waals surface area contributed by atoms with Crippen LogP contribution in [0, 0.1) is 0 Å². The van der Waals surface area contributed by atoms with Crippen LogP contribution in [0.1, 0.15) is 11.7 Å². The van der Waals surface area contributed by atoms with Gasteiger partial charge in [-0.3, -0.25) is 4.79 Å². The van der Waals surface area contributed by atoms with Crippen LogP contribution < -0.4 is 5.43 Å². The molecule has 2 aliphatic rings. The summed E-state index contributed by atoms with van der Waals surface area (Å²) in [5.74, 6) is -1.50. The molecule has 10 atom stereocenters. The number of aromatic hydroxyl groups is 3. The molecule has 0 bridgehead atoms. The summed E-state index contributed by atoms with van der Waals surface area (Å²) in [5, 5.41) is 103. The zero-order valence-electron chi connectivity index (χ0n) is 21.7. The monoisotopic (exact) mass is 594 g/mol. The molecule has 3 aromatic rings. The number of phenols is 3. The van der Waals surface area contributed by atoms with Gasteiger partial charge in [-0.15, -0.1) is 0 Å². The number of benzene rings is 2. The normalized spacial score (nSPS) is 33.6. The first-order valence-electron chi connectivity index (χ1n) is 12.9. The highest BCUT2D eigenvalue weighted by atomic mass is 16.7. The molecule has 42 heavy (non-hydrogen) atoms. The van der Waals surface area contributed by atoms with E-state index in [-0.39, 0.29) is 17.1 Å². The van der Waals surface area contributed by atoms with Crippen molar-refractivity contribution in [3.63, 3.8) is 0 Å². The molecule has 0 spiro atoms. The number of rotatable bonds is 6. The average molecular weight is 595 g/mol. The molecule has 1 aromatic heterocycles. The zero-order chi connectivity index (χ0) is 30.5. The van der Waals surface area contributed by atoms with E-state index in [0.29, 0.717) is 5.56 Å². The highest BCUT2D eigenvalue weighted by Gasteiger charge is 2.52. The van der Waals surface area contributed by atoms with Gasteiger partial charge in [-0.2, -0.15) is 0 Å². The molecule has 2 aromatic carbocycles. The Morgan fingerprint density at radius 1 is 0.738 bits per heavy atom. The highest BCUT2D eigenvalue weighted by Crippen LogP contribution is 2.45. The maximum absolute atomic E-state index is 13.1. The van der Waals surface area contributed by atoms with E-state index in [4.69, 9.17) is 18.6 Å². The number of ether oxygens (including phenoxy) is 3. The van der Waals surface area contributed by atoms with Gasteiger partial charge >= 0.3 is 0 Å². The van der Waals surface area contributed by atoms with Crippen molar-refractivity contribution in [1.82, 2.24) is 0 Å². The molecule has 228 valence electrons. The van der Waals surface area contributed by atoms with Crippen molar-refractivity contribution in [3.8, 4) is 28.6 Å². The summed E-state index contributed by atoms with van der Waals surface area (Å²) < 4.78 is 22.9. The summed E-state index contributed by atoms with van der Waals surface area (Å²) in [6, 6.07) is 7.41. The Morgan fingerprint density at radius 3 is 2.00 bits per heavy atom. The second kappa shape index (κ2) is 11.7. The van der Waals surface area contributed by atoms with E-state index in [1.165, 1.54) is 24.3 Å². The van der Waals surface area contributed by atoms with Gasteiger partial charge in [0.05, 0.1) is 18.8 Å². The third kappa shape index (κ3) is 5.20. The molecule has 2 saturated heterocycles. The maximum atomic E-state index is 13.1. The van der Waals surface area contributed by atoms with Crippen molar-refractivity contribution in [2.24, 2.45) is 0 Å². The fraction of sp³-hybridized carbons (Fsp3) is 0.444. The molecule has 10 N–H and O–H groups in total. The zero-order valence-corrected chi connectivity index (χ0v) is 21.7. The van der Waals surface area contributed by atoms with E-state index in [1.54, 1.807) is 0 Å². The Morgan fingerprint density at radius 2 is 1.36 bits per heavy atom. The summed E-state index contributed by atoms with van der Waals surface area (Å²) in [6.07, 6.45) is -17.3. The highest BCUT2D eigenvalue weighted by molar-refractivity contribution is 5.89. The summed E-state index contributed by atoms with van der Waals surface area (Å²) in [6.45, 7) is -1.61. The smallest absolute Gasteiger partial charge is 0.197 e. The van der Waals surface area contributed by atoms with Gasteiger partial charge in [0.2, 0.25) is 0 Å². The molecule has 0 radical (unpaired) electrons. The van der Waals surface area contributed by atoms with Crippen LogP contribution in [0.5, 0.6) is 17.2 Å². The van der Waals surface area contributed by atoms with E-state index >= 15 is 0 Å². The standard InChI is InChI=1S/C27H30O15/c28-7-15-20(35)22(37)26(42-27-23(38)21(36)19(34)16(8-29)41-27)25(40-15)18-12(32)5-11(31)17-13(33)6-14(39-24(17)18)9-1-3-10(30)4-2-9/h1-6,15-16,19-23,25-32,34-38H,7-8H2/t15-,16-,19-,20-,21-,22-,23-,25+,26-,27-/m0/s1. The van der Waals surface area contributed by atoms with E-state index in [1.807, 2.05) is 0 Å². The molecule has 2 fully saturated rings. The second-order valence-electron chi connectivity index (χ2n) is 10.1. The van der Waals surface area contributed by atoms with Crippen molar-refractivity contribution < 1.29 is 69.7 Å². The van der Waals surface area contributed by atoms with Crippen LogP contribution in [-0.4, -0.2) is 119 Å². The van der Waals surface area contributed by atoms with Gasteiger partial charge in [0, 0.05) is 17.7 Å². The minimum atomic E-state index is -1.92. The molecule has 0 saturated carbocycles. The topological polar surface area (TPSA) is 260 Å². The summed E-state index contributed by atoms with van der Waals surface area (Å²) in [5.41, 5.74) is -1.21. The Bertz CT molecular complexity index is 1470. The minimum absolute atomic E-state index is 0.0553. The third-order valence-corrected chi connectivity index (χ3v) is 7.44. The second-order valence-corrected chi connectivity index (χ2v) is 10.1. The van der Waals surface area contributed by atoms with Crippen molar-refractivity contribution in [2.45, 2.75) is 61.2 Å². The van der Waals surface area contributed by atoms with Crippen molar-refractivity contribution in [1.29, 1.82) is 0 Å². The molecule has 15 nitrogen and oxygen atoms in total. The number of aliphatic hydroxyl groups excluding tert-OH is 7. The Balaban J connectivity index is 1.66. The summed E-state index contributed by atoms with van der Waals surface area (Å²) in [7, 11) is 0. The number of aliphatic hydroxyl groups is 7. The van der Waals surface area contributed by atoms with Crippen LogP contribution >= 0.6 is 0 Å². The first-order valence-corrected chi connectivity index (χ1v) is 12.9. The van der Waals surface area contributed by atoms with Gasteiger partial charge in [0.25, 0.3) is 0 Å². The molecule has 15 heteroatoms. The predicted molar refractivity (Wildman–Crippen MR) is 138 cm³/mol. The molecule has 2 aliphatic heterocycles. The van der Waals surface area contributed by atoms with Gasteiger partial charge < -0.3 is 69.7 Å². The number of hydrogen-bond donors (Lipinski definition) is 10. The quantitative estimate of drug-likeness (QED) is 0.147. The Labute approximate surface area is 236 Å². The summed E-state index contributed by atoms with van der Waals surface area (Å²) >= 11 is 0. The van der Waals surface area contributed by atoms with Crippen molar-refractivity contribution in [3.05, 3.63) is 52.2 Å². The lowest BCUT2D eigenvalue weighted by atomic mass is 9.89. The van der Waals surface area contributed by atoms with Crippen LogP contribution in [0.15, 0.2) is 45.6 Å². The minimum Gasteiger partial charge on any atom is -0.508 e. The fourth-order valence-electron chi connectivity index (χ4n) is 5.17. The predicted octanol–water partition coefficient (Wildman–Crippen LogP) is -2.08. The van der Waals surface area contributed by atoms with Gasteiger partial charge in [-0.1, -0.05) is 0 Å². The summed E-state index contributed by atoms with van der Waals surface area (Å²) in [4.78, 5) is 13.1.